The first-order valence-electron chi connectivity index (χ1n) is 8.94. The Balaban J connectivity index is 1.41. The van der Waals surface area contributed by atoms with Crippen molar-refractivity contribution in [1.82, 2.24) is 9.55 Å². The van der Waals surface area contributed by atoms with Gasteiger partial charge in [0.2, 0.25) is 17.8 Å². The van der Waals surface area contributed by atoms with Crippen LogP contribution in [0.15, 0.2) is 48.5 Å². The highest BCUT2D eigenvalue weighted by Gasteiger charge is 2.40. The number of nitrogens with zero attached hydrogens (tertiary/aromatic N) is 4. The molecule has 2 aromatic carbocycles. The minimum absolute atomic E-state index is 0.0399. The second-order valence-electron chi connectivity index (χ2n) is 6.93. The average molecular weight is 381 g/mol. The molecule has 0 radical (unpaired) electrons. The van der Waals surface area contributed by atoms with Gasteiger partial charge in [0.15, 0.2) is 0 Å². The van der Waals surface area contributed by atoms with Gasteiger partial charge in [-0.05, 0) is 30.3 Å². The molecule has 7 heteroatoms. The number of amides is 2. The number of anilines is 2. The summed E-state index contributed by atoms with van der Waals surface area (Å²) < 4.78 is 2.07. The summed E-state index contributed by atoms with van der Waals surface area (Å²) in [7, 11) is 0. The van der Waals surface area contributed by atoms with Crippen molar-refractivity contribution in [2.45, 2.75) is 13.0 Å². The van der Waals surface area contributed by atoms with Crippen molar-refractivity contribution in [3.05, 3.63) is 53.6 Å². The van der Waals surface area contributed by atoms with Crippen molar-refractivity contribution >= 4 is 46.1 Å². The summed E-state index contributed by atoms with van der Waals surface area (Å²) in [5, 5.41) is 0.573. The van der Waals surface area contributed by atoms with Gasteiger partial charge in [0.05, 0.1) is 17.0 Å². The molecular weight excluding hydrogens is 364 g/mol. The minimum Gasteiger partial charge on any atom is -0.312 e. The van der Waals surface area contributed by atoms with E-state index in [1.165, 1.54) is 0 Å². The summed E-state index contributed by atoms with van der Waals surface area (Å²) in [4.78, 5) is 33.6. The highest BCUT2D eigenvalue weighted by atomic mass is 35.5. The molecule has 1 aromatic heterocycles. The summed E-state index contributed by atoms with van der Waals surface area (Å²) in [6.07, 6.45) is 0.210. The van der Waals surface area contributed by atoms with Crippen LogP contribution in [0, 0.1) is 5.92 Å². The van der Waals surface area contributed by atoms with Crippen molar-refractivity contribution in [2.24, 2.45) is 5.92 Å². The summed E-state index contributed by atoms with van der Waals surface area (Å²) in [5.41, 5.74) is 2.65. The minimum atomic E-state index is -0.372. The van der Waals surface area contributed by atoms with Gasteiger partial charge in [-0.1, -0.05) is 29.8 Å². The first kappa shape index (κ1) is 16.3. The molecular formula is C20H17ClN4O2. The molecule has 0 bridgehead atoms. The van der Waals surface area contributed by atoms with Crippen molar-refractivity contribution in [3.8, 4) is 0 Å². The third-order valence-corrected chi connectivity index (χ3v) is 5.52. The van der Waals surface area contributed by atoms with Crippen LogP contribution in [0.25, 0.3) is 11.0 Å². The number of rotatable bonds is 2. The molecule has 0 aliphatic carbocycles. The van der Waals surface area contributed by atoms with E-state index in [-0.39, 0.29) is 24.2 Å². The number of fused-ring (bicyclic) bond motifs is 3. The first-order chi connectivity index (χ1) is 13.1. The van der Waals surface area contributed by atoms with Crippen molar-refractivity contribution in [1.29, 1.82) is 0 Å². The fourth-order valence-corrected chi connectivity index (χ4v) is 4.17. The number of carbonyl (C=O) groups is 2. The van der Waals surface area contributed by atoms with Crippen LogP contribution in [0.5, 0.6) is 0 Å². The molecule has 3 heterocycles. The normalized spacial score (nSPS) is 19.1. The lowest BCUT2D eigenvalue weighted by Gasteiger charge is -2.19. The van der Waals surface area contributed by atoms with E-state index >= 15 is 0 Å². The summed E-state index contributed by atoms with van der Waals surface area (Å²) in [5.74, 6) is 0.211. The molecule has 27 heavy (non-hydrogen) atoms. The topological polar surface area (TPSA) is 58.4 Å². The van der Waals surface area contributed by atoms with Crippen molar-refractivity contribution < 1.29 is 9.59 Å². The molecule has 136 valence electrons. The molecule has 0 unspecified atom stereocenters. The lowest BCUT2D eigenvalue weighted by molar-refractivity contribution is -0.124. The maximum Gasteiger partial charge on any atom is 0.234 e. The number of carbonyl (C=O) groups excluding carboxylic acids is 2. The van der Waals surface area contributed by atoms with Gasteiger partial charge in [0.25, 0.3) is 0 Å². The Morgan fingerprint density at radius 1 is 1.11 bits per heavy atom. The highest BCUT2D eigenvalue weighted by molar-refractivity contribution is 6.31. The third-order valence-electron chi connectivity index (χ3n) is 5.28. The van der Waals surface area contributed by atoms with E-state index in [9.17, 15) is 9.59 Å². The number of imidazole rings is 1. The molecule has 0 N–H and O–H groups in total. The zero-order valence-electron chi connectivity index (χ0n) is 14.5. The van der Waals surface area contributed by atoms with E-state index in [4.69, 9.17) is 11.6 Å². The number of aromatic nitrogens is 2. The lowest BCUT2D eigenvalue weighted by atomic mass is 10.1. The molecule has 2 aliphatic rings. The second-order valence-corrected chi connectivity index (χ2v) is 7.36. The molecule has 6 nitrogen and oxygen atoms in total. The van der Waals surface area contributed by atoms with Crippen LogP contribution in [-0.4, -0.2) is 34.5 Å². The van der Waals surface area contributed by atoms with Gasteiger partial charge < -0.3 is 9.47 Å². The largest absolute Gasteiger partial charge is 0.312 e. The molecule has 2 amide bonds. The Kier molecular flexibility index (Phi) is 3.68. The molecule has 0 spiro atoms. The van der Waals surface area contributed by atoms with E-state index in [0.717, 1.165) is 23.3 Å². The van der Waals surface area contributed by atoms with Gasteiger partial charge in [0, 0.05) is 36.8 Å². The van der Waals surface area contributed by atoms with Gasteiger partial charge >= 0.3 is 0 Å². The zero-order valence-corrected chi connectivity index (χ0v) is 15.3. The van der Waals surface area contributed by atoms with E-state index in [2.05, 4.69) is 9.55 Å². The van der Waals surface area contributed by atoms with Crippen LogP contribution in [0.1, 0.15) is 6.42 Å². The van der Waals surface area contributed by atoms with E-state index in [0.29, 0.717) is 24.1 Å². The number of para-hydroxylation sites is 2. The SMILES string of the molecule is O=C1C[C@H](C(=O)N2CCn3c2nc2ccccc23)CN1c1cccc(Cl)c1. The van der Waals surface area contributed by atoms with Gasteiger partial charge in [-0.15, -0.1) is 0 Å². The van der Waals surface area contributed by atoms with Gasteiger partial charge in [-0.2, -0.15) is 0 Å². The Hall–Kier alpha value is -2.86. The van der Waals surface area contributed by atoms with Gasteiger partial charge in [-0.3, -0.25) is 14.5 Å². The number of hydrogen-bond donors (Lipinski definition) is 0. The van der Waals surface area contributed by atoms with Crippen LogP contribution >= 0.6 is 11.6 Å². The second kappa shape index (κ2) is 6.09. The molecule has 1 fully saturated rings. The van der Waals surface area contributed by atoms with Crippen LogP contribution in [-0.2, 0) is 16.1 Å². The Labute approximate surface area is 160 Å². The van der Waals surface area contributed by atoms with E-state index < -0.39 is 0 Å². The predicted molar refractivity (Wildman–Crippen MR) is 104 cm³/mol. The van der Waals surface area contributed by atoms with E-state index in [1.54, 1.807) is 21.9 Å². The van der Waals surface area contributed by atoms with Crippen LogP contribution in [0.4, 0.5) is 11.6 Å². The zero-order chi connectivity index (χ0) is 18.5. The van der Waals surface area contributed by atoms with Gasteiger partial charge in [0.1, 0.15) is 0 Å². The Morgan fingerprint density at radius 2 is 1.96 bits per heavy atom. The highest BCUT2D eigenvalue weighted by Crippen LogP contribution is 2.32. The maximum atomic E-state index is 13.1. The third kappa shape index (κ3) is 2.59. The van der Waals surface area contributed by atoms with Crippen LogP contribution in [0.3, 0.4) is 0 Å². The smallest absolute Gasteiger partial charge is 0.234 e. The standard InChI is InChI=1S/C20H17ClN4O2/c21-14-4-3-5-15(11-14)25-12-13(10-18(25)26)19(27)24-9-8-23-17-7-2-1-6-16(17)22-20(23)24/h1-7,11,13H,8-10,12H2/t13-/m0/s1. The molecule has 1 atom stereocenters. The first-order valence-corrected chi connectivity index (χ1v) is 9.32. The molecule has 5 rings (SSSR count). The van der Waals surface area contributed by atoms with E-state index in [1.807, 2.05) is 36.4 Å². The quantitative estimate of drug-likeness (QED) is 0.686. The predicted octanol–water partition coefficient (Wildman–Crippen LogP) is 3.09. The average Bonchev–Trinajstić information content (AvgIpc) is 3.34. The fourth-order valence-electron chi connectivity index (χ4n) is 3.98. The Bertz CT molecular complexity index is 1080. The molecule has 2 aliphatic heterocycles. The number of hydrogen-bond acceptors (Lipinski definition) is 3. The van der Waals surface area contributed by atoms with Gasteiger partial charge in [-0.25, -0.2) is 4.98 Å². The summed E-state index contributed by atoms with van der Waals surface area (Å²) >= 11 is 6.04. The molecule has 3 aromatic rings. The summed E-state index contributed by atoms with van der Waals surface area (Å²) in [6.45, 7) is 1.68. The van der Waals surface area contributed by atoms with Crippen LogP contribution < -0.4 is 9.80 Å². The Morgan fingerprint density at radius 3 is 2.81 bits per heavy atom. The van der Waals surface area contributed by atoms with Crippen LogP contribution in [0.2, 0.25) is 5.02 Å². The monoisotopic (exact) mass is 380 g/mol. The molecule has 0 saturated carbocycles. The summed E-state index contributed by atoms with van der Waals surface area (Å²) in [6, 6.07) is 15.0. The lowest BCUT2D eigenvalue weighted by Crippen LogP contribution is -2.36. The number of benzene rings is 2. The maximum absolute atomic E-state index is 13.1. The van der Waals surface area contributed by atoms with Crippen molar-refractivity contribution in [2.75, 3.05) is 22.9 Å². The fraction of sp³-hybridized carbons (Fsp3) is 0.250. The number of halogens is 1. The molecule has 1 saturated heterocycles. The van der Waals surface area contributed by atoms with Crippen molar-refractivity contribution in [3.63, 3.8) is 0 Å².